The zero-order valence-electron chi connectivity index (χ0n) is 13.7. The number of aryl methyl sites for hydroxylation is 1. The van der Waals surface area contributed by atoms with E-state index in [4.69, 9.17) is 5.73 Å². The summed E-state index contributed by atoms with van der Waals surface area (Å²) in [6.45, 7) is 3.15. The molecule has 1 aliphatic carbocycles. The normalized spacial score (nSPS) is 16.8. The smallest absolute Gasteiger partial charge is 0.244 e. The van der Waals surface area contributed by atoms with Crippen LogP contribution in [0.2, 0.25) is 0 Å². The van der Waals surface area contributed by atoms with Gasteiger partial charge < -0.3 is 15.6 Å². The molecule has 4 nitrogen and oxygen atoms in total. The molecule has 1 fully saturated rings. The second kappa shape index (κ2) is 7.37. The van der Waals surface area contributed by atoms with E-state index < -0.39 is 5.54 Å². The van der Waals surface area contributed by atoms with Gasteiger partial charge in [-0.2, -0.15) is 0 Å². The van der Waals surface area contributed by atoms with Crippen molar-refractivity contribution in [1.82, 2.24) is 4.57 Å². The largest absolute Gasteiger partial charge is 0.347 e. The van der Waals surface area contributed by atoms with E-state index in [1.807, 2.05) is 6.07 Å². The third-order valence-electron chi connectivity index (χ3n) is 4.69. The highest BCUT2D eigenvalue weighted by atomic mass is 35.5. The first-order valence-corrected chi connectivity index (χ1v) is 8.32. The molecule has 1 aliphatic rings. The summed E-state index contributed by atoms with van der Waals surface area (Å²) in [7, 11) is 0. The lowest BCUT2D eigenvalue weighted by Crippen LogP contribution is -2.52. The fourth-order valence-electron chi connectivity index (χ4n) is 3.36. The lowest BCUT2D eigenvalue weighted by Gasteiger charge is -2.31. The predicted molar refractivity (Wildman–Crippen MR) is 98.1 cm³/mol. The molecule has 1 aromatic carbocycles. The molecule has 3 rings (SSSR count). The number of anilines is 1. The molecule has 0 aliphatic heterocycles. The van der Waals surface area contributed by atoms with E-state index in [2.05, 4.69) is 41.2 Å². The maximum atomic E-state index is 12.5. The average Bonchev–Trinajstić information content (AvgIpc) is 2.91. The van der Waals surface area contributed by atoms with Crippen molar-refractivity contribution in [3.63, 3.8) is 0 Å². The molecule has 1 amide bonds. The summed E-state index contributed by atoms with van der Waals surface area (Å²) >= 11 is 0. The number of halogens is 1. The number of hydrogen-bond acceptors (Lipinski definition) is 2. The van der Waals surface area contributed by atoms with E-state index in [-0.39, 0.29) is 18.3 Å². The van der Waals surface area contributed by atoms with Gasteiger partial charge in [0.05, 0.1) is 11.1 Å². The Kier molecular flexibility index (Phi) is 5.71. The zero-order valence-corrected chi connectivity index (χ0v) is 14.5. The van der Waals surface area contributed by atoms with Crippen LogP contribution in [0.25, 0.3) is 10.9 Å². The molecule has 0 unspecified atom stereocenters. The van der Waals surface area contributed by atoms with Gasteiger partial charge in [0, 0.05) is 18.4 Å². The SMILES string of the molecule is CCCn1ccc2ccc(NC(=O)C3(N)CCCCC3)cc21.Cl. The number of carbonyl (C=O) groups excluding carboxylic acids is 1. The van der Waals surface area contributed by atoms with Gasteiger partial charge in [0.25, 0.3) is 0 Å². The first-order valence-electron chi connectivity index (χ1n) is 8.32. The Balaban J connectivity index is 0.00000192. The van der Waals surface area contributed by atoms with Gasteiger partial charge in [-0.25, -0.2) is 0 Å². The zero-order chi connectivity index (χ0) is 15.6. The third-order valence-corrected chi connectivity index (χ3v) is 4.69. The highest BCUT2D eigenvalue weighted by Gasteiger charge is 2.35. The number of benzene rings is 1. The molecule has 0 radical (unpaired) electrons. The van der Waals surface area contributed by atoms with Gasteiger partial charge in [0.1, 0.15) is 0 Å². The van der Waals surface area contributed by atoms with Gasteiger partial charge in [-0.3, -0.25) is 4.79 Å². The van der Waals surface area contributed by atoms with Crippen LogP contribution in [0.15, 0.2) is 30.5 Å². The summed E-state index contributed by atoms with van der Waals surface area (Å²) in [6, 6.07) is 8.18. The van der Waals surface area contributed by atoms with Gasteiger partial charge in [-0.05, 0) is 42.8 Å². The Hall–Kier alpha value is -1.52. The summed E-state index contributed by atoms with van der Waals surface area (Å²) < 4.78 is 2.23. The maximum Gasteiger partial charge on any atom is 0.244 e. The molecule has 1 saturated carbocycles. The molecule has 0 saturated heterocycles. The van der Waals surface area contributed by atoms with Crippen LogP contribution in [0.4, 0.5) is 5.69 Å². The van der Waals surface area contributed by atoms with Gasteiger partial charge in [0.2, 0.25) is 5.91 Å². The third kappa shape index (κ3) is 3.70. The Labute approximate surface area is 143 Å². The highest BCUT2D eigenvalue weighted by molar-refractivity contribution is 5.99. The summed E-state index contributed by atoms with van der Waals surface area (Å²) in [4.78, 5) is 12.5. The second-order valence-corrected chi connectivity index (χ2v) is 6.45. The van der Waals surface area contributed by atoms with Crippen molar-refractivity contribution >= 4 is 34.9 Å². The van der Waals surface area contributed by atoms with Crippen LogP contribution in [0.5, 0.6) is 0 Å². The lowest BCUT2D eigenvalue weighted by atomic mass is 9.82. The van der Waals surface area contributed by atoms with E-state index >= 15 is 0 Å². The number of amides is 1. The monoisotopic (exact) mass is 335 g/mol. The Morgan fingerprint density at radius 3 is 2.70 bits per heavy atom. The molecule has 3 N–H and O–H groups in total. The molecule has 0 bridgehead atoms. The topological polar surface area (TPSA) is 60.0 Å². The van der Waals surface area contributed by atoms with Crippen molar-refractivity contribution < 1.29 is 4.79 Å². The standard InChI is InChI=1S/C18H25N3O.ClH/c1-2-11-21-12-8-14-6-7-15(13-16(14)21)20-17(22)18(19)9-4-3-5-10-18;/h6-8,12-13H,2-5,9-11,19H2,1H3,(H,20,22);1H. The first kappa shape index (κ1) is 17.8. The van der Waals surface area contributed by atoms with Gasteiger partial charge in [-0.15, -0.1) is 12.4 Å². The number of rotatable bonds is 4. The van der Waals surface area contributed by atoms with Crippen LogP contribution in [-0.2, 0) is 11.3 Å². The number of nitrogens with two attached hydrogens (primary N) is 1. The van der Waals surface area contributed by atoms with E-state index in [1.165, 1.54) is 11.8 Å². The number of nitrogens with zero attached hydrogens (tertiary/aromatic N) is 1. The highest BCUT2D eigenvalue weighted by Crippen LogP contribution is 2.28. The predicted octanol–water partition coefficient (Wildman–Crippen LogP) is 4.07. The van der Waals surface area contributed by atoms with Gasteiger partial charge in [0.15, 0.2) is 0 Å². The van der Waals surface area contributed by atoms with Crippen molar-refractivity contribution in [2.75, 3.05) is 5.32 Å². The quantitative estimate of drug-likeness (QED) is 0.884. The van der Waals surface area contributed by atoms with Crippen LogP contribution < -0.4 is 11.1 Å². The Morgan fingerprint density at radius 2 is 2.00 bits per heavy atom. The number of aromatic nitrogens is 1. The van der Waals surface area contributed by atoms with Crippen LogP contribution in [-0.4, -0.2) is 16.0 Å². The van der Waals surface area contributed by atoms with Crippen LogP contribution in [0, 0.1) is 0 Å². The molecule has 1 aromatic heterocycles. The van der Waals surface area contributed by atoms with Crippen molar-refractivity contribution in [3.05, 3.63) is 30.5 Å². The molecule has 1 heterocycles. The average molecular weight is 336 g/mol. The van der Waals surface area contributed by atoms with Crippen LogP contribution >= 0.6 is 12.4 Å². The van der Waals surface area contributed by atoms with Crippen LogP contribution in [0.1, 0.15) is 45.4 Å². The van der Waals surface area contributed by atoms with E-state index in [9.17, 15) is 4.79 Å². The summed E-state index contributed by atoms with van der Waals surface area (Å²) in [6.07, 6.45) is 8.03. The van der Waals surface area contributed by atoms with Crippen molar-refractivity contribution in [2.45, 2.75) is 57.5 Å². The molecule has 2 aromatic rings. The number of nitrogens with one attached hydrogen (secondary N) is 1. The molecule has 23 heavy (non-hydrogen) atoms. The lowest BCUT2D eigenvalue weighted by molar-refractivity contribution is -0.122. The number of carbonyl (C=O) groups is 1. The van der Waals surface area contributed by atoms with Gasteiger partial charge in [-0.1, -0.05) is 32.3 Å². The summed E-state index contributed by atoms with van der Waals surface area (Å²) in [5, 5.41) is 4.23. The molecule has 126 valence electrons. The number of fused-ring (bicyclic) bond motifs is 1. The van der Waals surface area contributed by atoms with Crippen molar-refractivity contribution in [1.29, 1.82) is 0 Å². The van der Waals surface area contributed by atoms with Crippen LogP contribution in [0.3, 0.4) is 0 Å². The maximum absolute atomic E-state index is 12.5. The minimum Gasteiger partial charge on any atom is -0.347 e. The minimum atomic E-state index is -0.696. The Morgan fingerprint density at radius 1 is 1.26 bits per heavy atom. The fourth-order valence-corrected chi connectivity index (χ4v) is 3.36. The van der Waals surface area contributed by atoms with Gasteiger partial charge >= 0.3 is 0 Å². The molecular weight excluding hydrogens is 310 g/mol. The number of hydrogen-bond donors (Lipinski definition) is 2. The summed E-state index contributed by atoms with van der Waals surface area (Å²) in [5.41, 5.74) is 7.61. The molecule has 0 spiro atoms. The van der Waals surface area contributed by atoms with Crippen molar-refractivity contribution in [3.8, 4) is 0 Å². The van der Waals surface area contributed by atoms with E-state index in [0.717, 1.165) is 49.9 Å². The fraction of sp³-hybridized carbons (Fsp3) is 0.500. The molecule has 5 heteroatoms. The second-order valence-electron chi connectivity index (χ2n) is 6.45. The summed E-state index contributed by atoms with van der Waals surface area (Å²) in [5.74, 6) is -0.0415. The Bertz CT molecular complexity index is 674. The van der Waals surface area contributed by atoms with Crippen molar-refractivity contribution in [2.24, 2.45) is 5.73 Å². The van der Waals surface area contributed by atoms with E-state index in [1.54, 1.807) is 0 Å². The van der Waals surface area contributed by atoms with E-state index in [0.29, 0.717) is 0 Å². The molecular formula is C18H26ClN3O. The molecule has 0 atom stereocenters. The first-order chi connectivity index (χ1) is 10.6. The minimum absolute atomic E-state index is 0.